The highest BCUT2D eigenvalue weighted by molar-refractivity contribution is 5.81. The number of hydrogen-bond acceptors (Lipinski definition) is 4. The van der Waals surface area contributed by atoms with E-state index in [0.717, 1.165) is 16.9 Å². The first-order valence-corrected chi connectivity index (χ1v) is 6.72. The van der Waals surface area contributed by atoms with E-state index in [1.165, 1.54) is 0 Å². The Morgan fingerprint density at radius 3 is 2.70 bits per heavy atom. The normalized spacial score (nSPS) is 12.0. The second-order valence-electron chi connectivity index (χ2n) is 4.69. The summed E-state index contributed by atoms with van der Waals surface area (Å²) in [5.41, 5.74) is 2.21. The topological polar surface area (TPSA) is 59.6 Å². The van der Waals surface area contributed by atoms with Crippen LogP contribution in [0.5, 0.6) is 5.75 Å². The molecule has 0 spiro atoms. The van der Waals surface area contributed by atoms with Crippen LogP contribution in [0.15, 0.2) is 18.2 Å². The van der Waals surface area contributed by atoms with Gasteiger partial charge in [-0.25, -0.2) is 0 Å². The van der Waals surface area contributed by atoms with Crippen LogP contribution >= 0.6 is 0 Å². The van der Waals surface area contributed by atoms with Gasteiger partial charge in [-0.1, -0.05) is 12.1 Å². The van der Waals surface area contributed by atoms with E-state index in [4.69, 9.17) is 9.47 Å². The van der Waals surface area contributed by atoms with Gasteiger partial charge in [0.2, 0.25) is 5.91 Å². The molecular weight excluding hydrogens is 256 g/mol. The van der Waals surface area contributed by atoms with Crippen LogP contribution in [0.1, 0.15) is 18.1 Å². The van der Waals surface area contributed by atoms with Gasteiger partial charge in [0.1, 0.15) is 5.75 Å². The second-order valence-corrected chi connectivity index (χ2v) is 4.69. The molecule has 1 aromatic rings. The highest BCUT2D eigenvalue weighted by Crippen LogP contribution is 2.18. The SMILES string of the molecule is COCCNC(=O)C(C)NCc1ccc(OC)c(C)c1. The number of carbonyl (C=O) groups is 1. The lowest BCUT2D eigenvalue weighted by molar-refractivity contribution is -0.122. The van der Waals surface area contributed by atoms with Gasteiger partial charge in [-0.3, -0.25) is 4.79 Å². The highest BCUT2D eigenvalue weighted by Gasteiger charge is 2.11. The number of ether oxygens (including phenoxy) is 2. The lowest BCUT2D eigenvalue weighted by atomic mass is 10.1. The zero-order valence-corrected chi connectivity index (χ0v) is 12.7. The fraction of sp³-hybridized carbons (Fsp3) is 0.533. The smallest absolute Gasteiger partial charge is 0.236 e. The molecule has 20 heavy (non-hydrogen) atoms. The van der Waals surface area contributed by atoms with Gasteiger partial charge in [0.05, 0.1) is 19.8 Å². The van der Waals surface area contributed by atoms with Crippen LogP contribution in [-0.2, 0) is 16.1 Å². The van der Waals surface area contributed by atoms with E-state index < -0.39 is 0 Å². The summed E-state index contributed by atoms with van der Waals surface area (Å²) in [7, 11) is 3.27. The zero-order chi connectivity index (χ0) is 15.0. The third-order valence-corrected chi connectivity index (χ3v) is 3.07. The summed E-state index contributed by atoms with van der Waals surface area (Å²) in [4.78, 5) is 11.8. The van der Waals surface area contributed by atoms with Crippen LogP contribution in [0.4, 0.5) is 0 Å². The first-order chi connectivity index (χ1) is 9.58. The summed E-state index contributed by atoms with van der Waals surface area (Å²) in [5.74, 6) is 0.853. The molecule has 0 bridgehead atoms. The van der Waals surface area contributed by atoms with Crippen molar-refractivity contribution in [2.45, 2.75) is 26.4 Å². The number of benzene rings is 1. The quantitative estimate of drug-likeness (QED) is 0.704. The third kappa shape index (κ3) is 5.19. The zero-order valence-electron chi connectivity index (χ0n) is 12.7. The van der Waals surface area contributed by atoms with Crippen LogP contribution < -0.4 is 15.4 Å². The van der Waals surface area contributed by atoms with Crippen molar-refractivity contribution in [2.24, 2.45) is 0 Å². The van der Waals surface area contributed by atoms with Crippen molar-refractivity contribution in [3.8, 4) is 5.75 Å². The Hall–Kier alpha value is -1.59. The highest BCUT2D eigenvalue weighted by atomic mass is 16.5. The molecule has 5 nitrogen and oxygen atoms in total. The molecule has 0 aliphatic heterocycles. The maximum atomic E-state index is 11.8. The fourth-order valence-electron chi connectivity index (χ4n) is 1.84. The van der Waals surface area contributed by atoms with Gasteiger partial charge in [0, 0.05) is 20.2 Å². The molecule has 0 aromatic heterocycles. The lowest BCUT2D eigenvalue weighted by Crippen LogP contribution is -2.42. The number of carbonyl (C=O) groups excluding carboxylic acids is 1. The van der Waals surface area contributed by atoms with Crippen molar-refractivity contribution in [2.75, 3.05) is 27.4 Å². The van der Waals surface area contributed by atoms with Crippen molar-refractivity contribution in [1.82, 2.24) is 10.6 Å². The maximum Gasteiger partial charge on any atom is 0.236 e. The fourth-order valence-corrected chi connectivity index (χ4v) is 1.84. The molecule has 0 saturated heterocycles. The molecule has 0 fully saturated rings. The van der Waals surface area contributed by atoms with Crippen molar-refractivity contribution < 1.29 is 14.3 Å². The summed E-state index contributed by atoms with van der Waals surface area (Å²) < 4.78 is 10.1. The molecule has 2 N–H and O–H groups in total. The van der Waals surface area contributed by atoms with Gasteiger partial charge >= 0.3 is 0 Å². The Bertz CT molecular complexity index is 435. The summed E-state index contributed by atoms with van der Waals surface area (Å²) >= 11 is 0. The lowest BCUT2D eigenvalue weighted by Gasteiger charge is -2.14. The van der Waals surface area contributed by atoms with E-state index in [-0.39, 0.29) is 11.9 Å². The minimum atomic E-state index is -0.241. The predicted octanol–water partition coefficient (Wildman–Crippen LogP) is 1.24. The summed E-state index contributed by atoms with van der Waals surface area (Å²) in [6, 6.07) is 5.75. The van der Waals surface area contributed by atoms with Gasteiger partial charge in [0.15, 0.2) is 0 Å². The molecule has 1 amide bonds. The molecule has 1 unspecified atom stereocenters. The Balaban J connectivity index is 2.42. The summed E-state index contributed by atoms with van der Waals surface area (Å²) in [6.45, 7) is 5.55. The molecule has 0 heterocycles. The van der Waals surface area contributed by atoms with Crippen LogP contribution in [0.25, 0.3) is 0 Å². The average Bonchev–Trinajstić information content (AvgIpc) is 2.45. The average molecular weight is 280 g/mol. The second kappa shape index (κ2) is 8.55. The van der Waals surface area contributed by atoms with E-state index in [1.54, 1.807) is 14.2 Å². The number of rotatable bonds is 8. The van der Waals surface area contributed by atoms with Crippen LogP contribution in [0.2, 0.25) is 0 Å². The third-order valence-electron chi connectivity index (χ3n) is 3.07. The summed E-state index contributed by atoms with van der Waals surface area (Å²) in [6.07, 6.45) is 0. The standard InChI is InChI=1S/C15H24N2O3/c1-11-9-13(5-6-14(11)20-4)10-17-12(2)15(18)16-7-8-19-3/h5-6,9,12,17H,7-8,10H2,1-4H3,(H,16,18). The molecule has 1 aromatic carbocycles. The monoisotopic (exact) mass is 280 g/mol. The summed E-state index contributed by atoms with van der Waals surface area (Å²) in [5, 5.41) is 6.00. The van der Waals surface area contributed by atoms with E-state index in [9.17, 15) is 4.79 Å². The van der Waals surface area contributed by atoms with E-state index >= 15 is 0 Å². The van der Waals surface area contributed by atoms with E-state index in [1.807, 2.05) is 26.0 Å². The van der Waals surface area contributed by atoms with Crippen molar-refractivity contribution in [1.29, 1.82) is 0 Å². The Morgan fingerprint density at radius 1 is 1.35 bits per heavy atom. The minimum absolute atomic E-state index is 0.0210. The Kier molecular flexibility index (Phi) is 7.04. The number of aryl methyl sites for hydroxylation is 1. The molecule has 1 rings (SSSR count). The van der Waals surface area contributed by atoms with Gasteiger partial charge < -0.3 is 20.1 Å². The molecule has 0 aliphatic rings. The number of hydrogen-bond donors (Lipinski definition) is 2. The van der Waals surface area contributed by atoms with Crippen LogP contribution in [0, 0.1) is 6.92 Å². The van der Waals surface area contributed by atoms with Crippen LogP contribution in [0.3, 0.4) is 0 Å². The molecular formula is C15H24N2O3. The maximum absolute atomic E-state index is 11.8. The molecule has 112 valence electrons. The molecule has 0 radical (unpaired) electrons. The predicted molar refractivity (Wildman–Crippen MR) is 78.9 cm³/mol. The first kappa shape index (κ1) is 16.5. The van der Waals surface area contributed by atoms with Gasteiger partial charge in [-0.15, -0.1) is 0 Å². The Labute approximate surface area is 120 Å². The molecule has 1 atom stereocenters. The molecule has 0 aliphatic carbocycles. The molecule has 0 saturated carbocycles. The number of amides is 1. The number of methoxy groups -OCH3 is 2. The van der Waals surface area contributed by atoms with E-state index in [0.29, 0.717) is 19.7 Å². The minimum Gasteiger partial charge on any atom is -0.496 e. The van der Waals surface area contributed by atoms with Gasteiger partial charge in [0.25, 0.3) is 0 Å². The molecule has 5 heteroatoms. The Morgan fingerprint density at radius 2 is 2.10 bits per heavy atom. The van der Waals surface area contributed by atoms with Gasteiger partial charge in [-0.2, -0.15) is 0 Å². The van der Waals surface area contributed by atoms with Gasteiger partial charge in [-0.05, 0) is 31.0 Å². The van der Waals surface area contributed by atoms with E-state index in [2.05, 4.69) is 16.7 Å². The van der Waals surface area contributed by atoms with Crippen molar-refractivity contribution in [3.05, 3.63) is 29.3 Å². The first-order valence-electron chi connectivity index (χ1n) is 6.72. The van der Waals surface area contributed by atoms with Crippen LogP contribution in [-0.4, -0.2) is 39.3 Å². The number of nitrogens with one attached hydrogen (secondary N) is 2. The van der Waals surface area contributed by atoms with Crippen molar-refractivity contribution in [3.63, 3.8) is 0 Å². The van der Waals surface area contributed by atoms with Crippen molar-refractivity contribution >= 4 is 5.91 Å². The largest absolute Gasteiger partial charge is 0.496 e.